The highest BCUT2D eigenvalue weighted by Crippen LogP contribution is 1.94. The van der Waals surface area contributed by atoms with E-state index >= 15 is 0 Å². The Balaban J connectivity index is 3.67. The fourth-order valence-electron chi connectivity index (χ4n) is 0.187. The molecule has 0 atom stereocenters. The summed E-state index contributed by atoms with van der Waals surface area (Å²) in [6.07, 6.45) is 2.16. The fourth-order valence-corrected chi connectivity index (χ4v) is 0.187. The second kappa shape index (κ2) is 3.02. The van der Waals surface area contributed by atoms with Crippen molar-refractivity contribution in [1.29, 1.82) is 0 Å². The van der Waals surface area contributed by atoms with E-state index in [2.05, 4.69) is 13.2 Å². The van der Waals surface area contributed by atoms with Crippen molar-refractivity contribution in [3.05, 3.63) is 36.9 Å². The first-order chi connectivity index (χ1) is 3.63. The van der Waals surface area contributed by atoms with E-state index in [1.165, 1.54) is 0 Å². The van der Waals surface area contributed by atoms with Gasteiger partial charge in [0, 0.05) is 0 Å². The third kappa shape index (κ3) is 4.95. The van der Waals surface area contributed by atoms with Crippen molar-refractivity contribution < 1.29 is 9.50 Å². The monoisotopic (exact) mass is 114 g/mol. The van der Waals surface area contributed by atoms with E-state index in [-0.39, 0.29) is 5.76 Å². The van der Waals surface area contributed by atoms with Crippen molar-refractivity contribution in [3.8, 4) is 0 Å². The van der Waals surface area contributed by atoms with Gasteiger partial charge in [-0.25, -0.2) is 4.39 Å². The molecule has 0 radical (unpaired) electrons. The summed E-state index contributed by atoms with van der Waals surface area (Å²) in [6.45, 7) is 6.01. The molecule has 2 heteroatoms. The summed E-state index contributed by atoms with van der Waals surface area (Å²) in [5.41, 5.74) is 0. The van der Waals surface area contributed by atoms with E-state index in [1.54, 1.807) is 0 Å². The molecule has 1 N–H and O–H groups in total. The second-order valence-electron chi connectivity index (χ2n) is 1.27. The molecule has 0 amide bonds. The Morgan fingerprint density at radius 2 is 1.88 bits per heavy atom. The van der Waals surface area contributed by atoms with Crippen LogP contribution in [0.1, 0.15) is 0 Å². The van der Waals surface area contributed by atoms with Crippen LogP contribution >= 0.6 is 0 Å². The number of hydrogen-bond acceptors (Lipinski definition) is 1. The van der Waals surface area contributed by atoms with Crippen molar-refractivity contribution in [3.63, 3.8) is 0 Å². The van der Waals surface area contributed by atoms with E-state index in [9.17, 15) is 4.39 Å². The van der Waals surface area contributed by atoms with Crippen LogP contribution in [0.3, 0.4) is 0 Å². The van der Waals surface area contributed by atoms with E-state index < -0.39 is 5.83 Å². The van der Waals surface area contributed by atoms with Gasteiger partial charge in [0.15, 0.2) is 0 Å². The largest absolute Gasteiger partial charge is 0.509 e. The molecule has 0 fully saturated rings. The van der Waals surface area contributed by atoms with Crippen LogP contribution < -0.4 is 0 Å². The Hall–Kier alpha value is -1.05. The number of aliphatic hydroxyl groups is 1. The number of hydrogen-bond donors (Lipinski definition) is 1. The molecule has 0 aliphatic carbocycles. The van der Waals surface area contributed by atoms with E-state index in [1.807, 2.05) is 0 Å². The molecule has 0 aromatic rings. The second-order valence-corrected chi connectivity index (χ2v) is 1.27. The van der Waals surface area contributed by atoms with Crippen LogP contribution in [0, 0.1) is 0 Å². The maximum absolute atomic E-state index is 11.6. The minimum atomic E-state index is -0.597. The van der Waals surface area contributed by atoms with Crippen molar-refractivity contribution in [2.24, 2.45) is 0 Å². The third-order valence-corrected chi connectivity index (χ3v) is 0.457. The molecular weight excluding hydrogens is 107 g/mol. The van der Waals surface area contributed by atoms with Crippen LogP contribution in [0.15, 0.2) is 36.9 Å². The van der Waals surface area contributed by atoms with Gasteiger partial charge in [0.05, 0.1) is 0 Å². The van der Waals surface area contributed by atoms with Gasteiger partial charge in [-0.15, -0.1) is 0 Å². The van der Waals surface area contributed by atoms with Crippen LogP contribution in [0.25, 0.3) is 0 Å². The van der Waals surface area contributed by atoms with Crippen molar-refractivity contribution in [2.45, 2.75) is 0 Å². The Bertz CT molecular complexity index is 119. The zero-order valence-electron chi connectivity index (χ0n) is 4.39. The molecular formula is C6H7FO. The van der Waals surface area contributed by atoms with Gasteiger partial charge in [0.2, 0.25) is 0 Å². The molecule has 0 aromatic carbocycles. The average Bonchev–Trinajstić information content (AvgIpc) is 1.61. The normalized spacial score (nSPS) is 9.62. The highest BCUT2D eigenvalue weighted by Gasteiger charge is 1.78. The first kappa shape index (κ1) is 6.95. The summed E-state index contributed by atoms with van der Waals surface area (Å²) >= 11 is 0. The summed E-state index contributed by atoms with van der Waals surface area (Å²) < 4.78 is 11.6. The lowest BCUT2D eigenvalue weighted by atomic mass is 10.4. The summed E-state index contributed by atoms with van der Waals surface area (Å²) in [7, 11) is 0. The maximum Gasteiger partial charge on any atom is 0.116 e. The molecule has 0 aromatic heterocycles. The predicted octanol–water partition coefficient (Wildman–Crippen LogP) is 2.10. The first-order valence-electron chi connectivity index (χ1n) is 2.03. The zero-order valence-corrected chi connectivity index (χ0v) is 4.39. The van der Waals surface area contributed by atoms with Gasteiger partial charge in [-0.05, 0) is 12.2 Å². The Morgan fingerprint density at radius 3 is 2.00 bits per heavy atom. The summed E-state index contributed by atoms with van der Waals surface area (Å²) in [5, 5.41) is 8.31. The van der Waals surface area contributed by atoms with Crippen LogP contribution in [-0.4, -0.2) is 5.11 Å². The summed E-state index contributed by atoms with van der Waals surface area (Å²) in [6, 6.07) is 0. The van der Waals surface area contributed by atoms with Gasteiger partial charge >= 0.3 is 0 Å². The molecule has 0 heterocycles. The number of halogens is 1. The van der Waals surface area contributed by atoms with Crippen molar-refractivity contribution >= 4 is 0 Å². The molecule has 0 unspecified atom stereocenters. The van der Waals surface area contributed by atoms with Gasteiger partial charge in [0.25, 0.3) is 0 Å². The number of rotatable bonds is 2. The molecule has 0 rings (SSSR count). The number of aliphatic hydroxyl groups excluding tert-OH is 1. The van der Waals surface area contributed by atoms with Gasteiger partial charge in [-0.2, -0.15) is 0 Å². The van der Waals surface area contributed by atoms with Gasteiger partial charge in [0.1, 0.15) is 11.6 Å². The molecule has 0 saturated heterocycles. The molecule has 0 aliphatic heterocycles. The fraction of sp³-hybridized carbons (Fsp3) is 0. The molecule has 44 valence electrons. The predicted molar refractivity (Wildman–Crippen MR) is 31.2 cm³/mol. The van der Waals surface area contributed by atoms with Crippen LogP contribution in [0.4, 0.5) is 4.39 Å². The Labute approximate surface area is 47.5 Å². The summed E-state index contributed by atoms with van der Waals surface area (Å²) in [5.74, 6) is -0.774. The average molecular weight is 114 g/mol. The lowest BCUT2D eigenvalue weighted by Crippen LogP contribution is -1.66. The molecule has 1 nitrogen and oxygen atoms in total. The van der Waals surface area contributed by atoms with Gasteiger partial charge in [-0.1, -0.05) is 13.2 Å². The SMILES string of the molecule is C=C(O)/C=C\C(=C)F. The topological polar surface area (TPSA) is 20.2 Å². The van der Waals surface area contributed by atoms with E-state index in [4.69, 9.17) is 5.11 Å². The molecule has 0 bridgehead atoms. The standard InChI is InChI=1S/C6H7FO/c1-5(7)3-4-6(2)8/h3-4,8H,1-2H2/b4-3-. The summed E-state index contributed by atoms with van der Waals surface area (Å²) in [4.78, 5) is 0. The molecule has 0 aliphatic rings. The van der Waals surface area contributed by atoms with Crippen LogP contribution in [0.2, 0.25) is 0 Å². The zero-order chi connectivity index (χ0) is 6.57. The number of allylic oxidation sites excluding steroid dienone is 3. The molecule has 8 heavy (non-hydrogen) atoms. The van der Waals surface area contributed by atoms with E-state index in [0.29, 0.717) is 0 Å². The van der Waals surface area contributed by atoms with Crippen LogP contribution in [-0.2, 0) is 0 Å². The van der Waals surface area contributed by atoms with Crippen LogP contribution in [0.5, 0.6) is 0 Å². The Morgan fingerprint density at radius 1 is 1.38 bits per heavy atom. The minimum Gasteiger partial charge on any atom is -0.509 e. The lowest BCUT2D eigenvalue weighted by molar-refractivity contribution is 0.435. The highest BCUT2D eigenvalue weighted by molar-refractivity contribution is 5.15. The van der Waals surface area contributed by atoms with E-state index in [0.717, 1.165) is 12.2 Å². The maximum atomic E-state index is 11.6. The van der Waals surface area contributed by atoms with Gasteiger partial charge < -0.3 is 5.11 Å². The third-order valence-electron chi connectivity index (χ3n) is 0.457. The molecule has 0 saturated carbocycles. The van der Waals surface area contributed by atoms with Gasteiger partial charge in [-0.3, -0.25) is 0 Å². The Kier molecular flexibility index (Phi) is 2.62. The smallest absolute Gasteiger partial charge is 0.116 e. The van der Waals surface area contributed by atoms with Crippen molar-refractivity contribution in [2.75, 3.05) is 0 Å². The molecule has 0 spiro atoms. The lowest BCUT2D eigenvalue weighted by Gasteiger charge is -1.81. The highest BCUT2D eigenvalue weighted by atomic mass is 19.1. The minimum absolute atomic E-state index is 0.177. The first-order valence-corrected chi connectivity index (χ1v) is 2.03. The van der Waals surface area contributed by atoms with Crippen molar-refractivity contribution in [1.82, 2.24) is 0 Å². The quantitative estimate of drug-likeness (QED) is 0.430.